The number of urea groups is 1. The fraction of sp³-hybridized carbons (Fsp3) is 0.900. The van der Waals surface area contributed by atoms with Gasteiger partial charge in [-0.15, -0.1) is 0 Å². The van der Waals surface area contributed by atoms with E-state index in [-0.39, 0.29) is 6.03 Å². The molecule has 0 aromatic rings. The summed E-state index contributed by atoms with van der Waals surface area (Å²) in [5, 5.41) is 9.09. The number of piperidine rings is 1. The lowest BCUT2D eigenvalue weighted by Crippen LogP contribution is -2.37. The molecule has 1 heterocycles. The normalized spacial score (nSPS) is 33.6. The maximum atomic E-state index is 11.2. The van der Waals surface area contributed by atoms with Gasteiger partial charge in [-0.2, -0.15) is 0 Å². The van der Waals surface area contributed by atoms with Crippen molar-refractivity contribution in [2.75, 3.05) is 26.2 Å². The van der Waals surface area contributed by atoms with Crippen molar-refractivity contribution in [1.29, 1.82) is 0 Å². The Kier molecular flexibility index (Phi) is 2.91. The molecule has 2 atom stereocenters. The molecule has 2 amide bonds. The third-order valence-corrected chi connectivity index (χ3v) is 3.30. The van der Waals surface area contributed by atoms with Crippen molar-refractivity contribution < 1.29 is 4.79 Å². The molecule has 0 radical (unpaired) electrons. The van der Waals surface area contributed by atoms with Crippen molar-refractivity contribution in [3.8, 4) is 0 Å². The largest absolute Gasteiger partial charge is 0.338 e. The van der Waals surface area contributed by atoms with Crippen LogP contribution in [0.2, 0.25) is 0 Å². The second-order valence-electron chi connectivity index (χ2n) is 4.29. The minimum atomic E-state index is -0.00946. The van der Waals surface area contributed by atoms with E-state index in [9.17, 15) is 4.79 Å². The van der Waals surface area contributed by atoms with Gasteiger partial charge in [-0.1, -0.05) is 6.92 Å². The summed E-state index contributed by atoms with van der Waals surface area (Å²) in [4.78, 5) is 11.2. The van der Waals surface area contributed by atoms with Crippen molar-refractivity contribution in [3.63, 3.8) is 0 Å². The summed E-state index contributed by atoms with van der Waals surface area (Å²) in [6.45, 7) is 5.97. The molecule has 1 aliphatic carbocycles. The summed E-state index contributed by atoms with van der Waals surface area (Å²) in [7, 11) is 0. The Labute approximate surface area is 84.8 Å². The first-order valence-electron chi connectivity index (χ1n) is 5.55. The minimum Gasteiger partial charge on any atom is -0.338 e. The van der Waals surface area contributed by atoms with Crippen LogP contribution >= 0.6 is 0 Å². The van der Waals surface area contributed by atoms with E-state index in [4.69, 9.17) is 0 Å². The topological polar surface area (TPSA) is 53.2 Å². The average Bonchev–Trinajstić information content (AvgIpc) is 2.62. The second-order valence-corrected chi connectivity index (χ2v) is 4.29. The maximum Gasteiger partial charge on any atom is 0.314 e. The predicted molar refractivity (Wildman–Crippen MR) is 55.0 cm³/mol. The molecule has 4 nitrogen and oxygen atoms in total. The molecular weight excluding hydrogens is 178 g/mol. The lowest BCUT2D eigenvalue weighted by molar-refractivity contribution is 0.240. The summed E-state index contributed by atoms with van der Waals surface area (Å²) in [6.07, 6.45) is 0.992. The summed E-state index contributed by atoms with van der Waals surface area (Å²) in [6, 6.07) is -0.00946. The van der Waals surface area contributed by atoms with Crippen LogP contribution in [0.3, 0.4) is 0 Å². The summed E-state index contributed by atoms with van der Waals surface area (Å²) in [5.41, 5.74) is 0. The van der Waals surface area contributed by atoms with Crippen molar-refractivity contribution in [3.05, 3.63) is 0 Å². The van der Waals surface area contributed by atoms with Crippen LogP contribution in [0, 0.1) is 17.8 Å². The van der Waals surface area contributed by atoms with E-state index in [1.54, 1.807) is 0 Å². The molecule has 4 heteroatoms. The molecular formula is C10H19N3O. The smallest absolute Gasteiger partial charge is 0.314 e. The molecule has 0 aromatic heterocycles. The molecule has 3 N–H and O–H groups in total. The third kappa shape index (κ3) is 2.00. The van der Waals surface area contributed by atoms with Crippen LogP contribution in [0.1, 0.15) is 13.3 Å². The van der Waals surface area contributed by atoms with E-state index >= 15 is 0 Å². The molecule has 80 valence electrons. The van der Waals surface area contributed by atoms with E-state index in [1.165, 1.54) is 0 Å². The van der Waals surface area contributed by atoms with Crippen molar-refractivity contribution in [2.45, 2.75) is 13.3 Å². The molecule has 0 aromatic carbocycles. The zero-order valence-corrected chi connectivity index (χ0v) is 8.68. The number of rotatable bonds is 4. The van der Waals surface area contributed by atoms with Gasteiger partial charge in [0.15, 0.2) is 0 Å². The van der Waals surface area contributed by atoms with Gasteiger partial charge >= 0.3 is 6.03 Å². The maximum absolute atomic E-state index is 11.2. The van der Waals surface area contributed by atoms with Gasteiger partial charge in [0.1, 0.15) is 0 Å². The molecule has 2 fully saturated rings. The van der Waals surface area contributed by atoms with Gasteiger partial charge in [0.2, 0.25) is 0 Å². The summed E-state index contributed by atoms with van der Waals surface area (Å²) < 4.78 is 0. The Bertz CT molecular complexity index is 209. The molecule has 2 rings (SSSR count). The number of fused-ring (bicyclic) bond motifs is 1. The van der Waals surface area contributed by atoms with Crippen LogP contribution in [-0.4, -0.2) is 32.2 Å². The van der Waals surface area contributed by atoms with Crippen LogP contribution in [0.4, 0.5) is 4.79 Å². The van der Waals surface area contributed by atoms with Crippen LogP contribution in [0.5, 0.6) is 0 Å². The minimum absolute atomic E-state index is 0.00946. The third-order valence-electron chi connectivity index (χ3n) is 3.30. The Balaban J connectivity index is 1.57. The van der Waals surface area contributed by atoms with E-state index in [0.717, 1.165) is 50.4 Å². The summed E-state index contributed by atoms with van der Waals surface area (Å²) in [5.74, 6) is 2.41. The molecule has 0 spiro atoms. The van der Waals surface area contributed by atoms with E-state index in [2.05, 4.69) is 22.9 Å². The molecule has 0 bridgehead atoms. The fourth-order valence-corrected chi connectivity index (χ4v) is 2.36. The summed E-state index contributed by atoms with van der Waals surface area (Å²) >= 11 is 0. The Hall–Kier alpha value is -0.770. The molecule has 14 heavy (non-hydrogen) atoms. The van der Waals surface area contributed by atoms with E-state index in [1.807, 2.05) is 0 Å². The predicted octanol–water partition coefficient (Wildman–Crippen LogP) is 0.161. The average molecular weight is 197 g/mol. The van der Waals surface area contributed by atoms with Gasteiger partial charge in [-0.25, -0.2) is 4.79 Å². The van der Waals surface area contributed by atoms with Crippen molar-refractivity contribution in [1.82, 2.24) is 16.0 Å². The zero-order valence-electron chi connectivity index (χ0n) is 8.68. The van der Waals surface area contributed by atoms with E-state index in [0.29, 0.717) is 0 Å². The quantitative estimate of drug-likeness (QED) is 0.601. The number of carbonyl (C=O) groups excluding carboxylic acids is 1. The first kappa shape index (κ1) is 9.77. The van der Waals surface area contributed by atoms with Crippen LogP contribution in [-0.2, 0) is 0 Å². The number of carbonyl (C=O) groups is 1. The zero-order chi connectivity index (χ0) is 9.97. The first-order chi connectivity index (χ1) is 6.83. The van der Waals surface area contributed by atoms with Gasteiger partial charge in [-0.05, 0) is 37.3 Å². The highest BCUT2D eigenvalue weighted by Crippen LogP contribution is 2.47. The van der Waals surface area contributed by atoms with Crippen LogP contribution in [0.15, 0.2) is 0 Å². The van der Waals surface area contributed by atoms with Gasteiger partial charge < -0.3 is 16.0 Å². The van der Waals surface area contributed by atoms with Crippen LogP contribution in [0.25, 0.3) is 0 Å². The Morgan fingerprint density at radius 2 is 2.07 bits per heavy atom. The van der Waals surface area contributed by atoms with Gasteiger partial charge in [-0.3, -0.25) is 0 Å². The molecule has 1 saturated carbocycles. The monoisotopic (exact) mass is 197 g/mol. The lowest BCUT2D eigenvalue weighted by atomic mass is 10.3. The fourth-order valence-electron chi connectivity index (χ4n) is 2.36. The highest BCUT2D eigenvalue weighted by molar-refractivity contribution is 5.73. The number of nitrogens with one attached hydrogen (secondary N) is 3. The number of hydrogen-bond donors (Lipinski definition) is 3. The second kappa shape index (κ2) is 4.17. The highest BCUT2D eigenvalue weighted by atomic mass is 16.2. The van der Waals surface area contributed by atoms with Crippen molar-refractivity contribution in [2.24, 2.45) is 17.8 Å². The SMILES string of the molecule is CCCNC(=O)NCC1C2CNCC21. The first-order valence-corrected chi connectivity index (χ1v) is 5.55. The number of amides is 2. The lowest BCUT2D eigenvalue weighted by Gasteiger charge is -2.07. The van der Waals surface area contributed by atoms with Crippen LogP contribution < -0.4 is 16.0 Å². The van der Waals surface area contributed by atoms with Gasteiger partial charge in [0, 0.05) is 13.1 Å². The van der Waals surface area contributed by atoms with Gasteiger partial charge in [0.05, 0.1) is 0 Å². The Morgan fingerprint density at radius 1 is 1.36 bits per heavy atom. The molecule has 2 aliphatic rings. The van der Waals surface area contributed by atoms with Gasteiger partial charge in [0.25, 0.3) is 0 Å². The molecule has 1 saturated heterocycles. The number of hydrogen-bond acceptors (Lipinski definition) is 2. The molecule has 1 aliphatic heterocycles. The standard InChI is InChI=1S/C10H19N3O/c1-2-3-12-10(14)13-6-9-7-4-11-5-8(7)9/h7-9,11H,2-6H2,1H3,(H2,12,13,14). The van der Waals surface area contributed by atoms with E-state index < -0.39 is 0 Å². The highest BCUT2D eigenvalue weighted by Gasteiger charge is 2.52. The Morgan fingerprint density at radius 3 is 2.71 bits per heavy atom. The van der Waals surface area contributed by atoms with Crippen molar-refractivity contribution >= 4 is 6.03 Å². The molecule has 2 unspecified atom stereocenters.